The monoisotopic (exact) mass is 338 g/mol. The van der Waals surface area contributed by atoms with Crippen molar-refractivity contribution in [3.05, 3.63) is 11.2 Å². The highest BCUT2D eigenvalue weighted by atomic mass is 35.5. The average molecular weight is 339 g/mol. The fourth-order valence-corrected chi connectivity index (χ4v) is 3.06. The van der Waals surface area contributed by atoms with Gasteiger partial charge in [-0.15, -0.1) is 10.2 Å². The highest BCUT2D eigenvalue weighted by Crippen LogP contribution is 2.37. The van der Waals surface area contributed by atoms with E-state index in [1.54, 1.807) is 26.8 Å². The van der Waals surface area contributed by atoms with Crippen LogP contribution in [0.5, 0.6) is 0 Å². The summed E-state index contributed by atoms with van der Waals surface area (Å²) < 4.78 is 5.45. The van der Waals surface area contributed by atoms with Crippen molar-refractivity contribution in [2.45, 2.75) is 45.3 Å². The first-order valence-electron chi connectivity index (χ1n) is 7.57. The van der Waals surface area contributed by atoms with Crippen LogP contribution >= 0.6 is 11.6 Å². The van der Waals surface area contributed by atoms with Gasteiger partial charge in [-0.3, -0.25) is 9.69 Å². The number of hydrogen-bond acceptors (Lipinski definition) is 6. The van der Waals surface area contributed by atoms with Gasteiger partial charge in [0.05, 0.1) is 18.3 Å². The molecule has 1 amide bonds. The van der Waals surface area contributed by atoms with Gasteiger partial charge in [-0.05, 0) is 20.8 Å². The second kappa shape index (κ2) is 5.63. The molecular formula is C15H19ClN4O3. The Kier molecular flexibility index (Phi) is 3.91. The summed E-state index contributed by atoms with van der Waals surface area (Å²) in [6.07, 6.45) is 0.397. The van der Waals surface area contributed by atoms with Crippen LogP contribution in [-0.4, -0.2) is 46.8 Å². The third-order valence-electron chi connectivity index (χ3n) is 3.83. The number of hydrogen-bond donors (Lipinski definition) is 0. The molecule has 1 aromatic heterocycles. The summed E-state index contributed by atoms with van der Waals surface area (Å²) in [5.41, 5.74) is 0.107. The maximum Gasteiger partial charge on any atom is 0.416 e. The lowest BCUT2D eigenvalue weighted by molar-refractivity contribution is -0.120. The maximum atomic E-state index is 12.5. The molecule has 2 aliphatic rings. The molecule has 1 fully saturated rings. The number of halogens is 1. The Morgan fingerprint density at radius 2 is 2.13 bits per heavy atom. The first kappa shape index (κ1) is 16.0. The number of carbonyl (C=O) groups is 2. The zero-order valence-electron chi connectivity index (χ0n) is 13.4. The number of nitrogens with zero attached hydrogens (tertiary/aromatic N) is 4. The molecule has 8 heteroatoms. The van der Waals surface area contributed by atoms with Gasteiger partial charge in [0.1, 0.15) is 11.4 Å². The van der Waals surface area contributed by atoms with Crippen LogP contribution < -0.4 is 9.80 Å². The van der Waals surface area contributed by atoms with E-state index in [4.69, 9.17) is 16.3 Å². The molecule has 7 nitrogen and oxygen atoms in total. The normalized spacial score (nSPS) is 20.9. The van der Waals surface area contributed by atoms with E-state index in [0.717, 1.165) is 5.69 Å². The van der Waals surface area contributed by atoms with Crippen LogP contribution in [0.3, 0.4) is 0 Å². The molecule has 3 heterocycles. The summed E-state index contributed by atoms with van der Waals surface area (Å²) in [7, 11) is 0. The number of rotatable bonds is 0. The Hall–Kier alpha value is -1.89. The van der Waals surface area contributed by atoms with Crippen molar-refractivity contribution in [3.8, 4) is 0 Å². The number of fused-ring (bicyclic) bond motifs is 3. The van der Waals surface area contributed by atoms with Gasteiger partial charge >= 0.3 is 6.09 Å². The van der Waals surface area contributed by atoms with Gasteiger partial charge < -0.3 is 9.64 Å². The van der Waals surface area contributed by atoms with Crippen molar-refractivity contribution in [1.29, 1.82) is 0 Å². The molecular weight excluding hydrogens is 320 g/mol. The van der Waals surface area contributed by atoms with E-state index >= 15 is 0 Å². The summed E-state index contributed by atoms with van der Waals surface area (Å²) in [5.74, 6) is 0.626. The number of amides is 1. The standard InChI is InChI=1S/C15H19ClN4O3/c1-15(2,3)23-14(22)20-8-9-6-10(21)4-5-19(9)11-7-12(16)17-18-13(11)20/h7,9H,4-6,8H2,1-3H3. The molecule has 0 saturated carbocycles. The van der Waals surface area contributed by atoms with E-state index in [2.05, 4.69) is 15.1 Å². The first-order chi connectivity index (χ1) is 10.7. The van der Waals surface area contributed by atoms with Crippen LogP contribution in [-0.2, 0) is 9.53 Å². The van der Waals surface area contributed by atoms with Gasteiger partial charge in [0.2, 0.25) is 0 Å². The van der Waals surface area contributed by atoms with Crippen molar-refractivity contribution in [2.24, 2.45) is 0 Å². The minimum absolute atomic E-state index is 0.0865. The predicted molar refractivity (Wildman–Crippen MR) is 86.0 cm³/mol. The van der Waals surface area contributed by atoms with Crippen LogP contribution in [0, 0.1) is 0 Å². The van der Waals surface area contributed by atoms with Crippen LogP contribution in [0.25, 0.3) is 0 Å². The smallest absolute Gasteiger partial charge is 0.416 e. The molecule has 0 N–H and O–H groups in total. The quantitative estimate of drug-likeness (QED) is 0.723. The number of aromatic nitrogens is 2. The molecule has 0 aliphatic carbocycles. The highest BCUT2D eigenvalue weighted by molar-refractivity contribution is 6.29. The summed E-state index contributed by atoms with van der Waals surface area (Å²) in [6, 6.07) is 1.60. The van der Waals surface area contributed by atoms with Crippen molar-refractivity contribution in [2.75, 3.05) is 22.9 Å². The minimum atomic E-state index is -0.614. The van der Waals surface area contributed by atoms with Gasteiger partial charge in [-0.2, -0.15) is 0 Å². The lowest BCUT2D eigenvalue weighted by atomic mass is 9.97. The van der Waals surface area contributed by atoms with Gasteiger partial charge in [0.15, 0.2) is 11.0 Å². The van der Waals surface area contributed by atoms with Crippen LogP contribution in [0.15, 0.2) is 6.07 Å². The highest BCUT2D eigenvalue weighted by Gasteiger charge is 2.40. The Morgan fingerprint density at radius 3 is 2.83 bits per heavy atom. The molecule has 0 spiro atoms. The van der Waals surface area contributed by atoms with Gasteiger partial charge in [0, 0.05) is 25.5 Å². The predicted octanol–water partition coefficient (Wildman–Crippen LogP) is 2.42. The number of anilines is 2. The fraction of sp³-hybridized carbons (Fsp3) is 0.600. The largest absolute Gasteiger partial charge is 0.443 e. The third kappa shape index (κ3) is 3.24. The van der Waals surface area contributed by atoms with E-state index in [1.807, 2.05) is 0 Å². The Balaban J connectivity index is 1.98. The molecule has 0 aromatic carbocycles. The molecule has 0 bridgehead atoms. The number of Topliss-reactive ketones (excluding diaryl/α,β-unsaturated/α-hetero) is 1. The molecule has 23 heavy (non-hydrogen) atoms. The second-order valence-corrected chi connectivity index (χ2v) is 7.19. The van der Waals surface area contributed by atoms with E-state index in [-0.39, 0.29) is 17.0 Å². The first-order valence-corrected chi connectivity index (χ1v) is 7.94. The summed E-state index contributed by atoms with van der Waals surface area (Å²) in [6.45, 7) is 6.36. The Labute approximate surface area is 139 Å². The van der Waals surface area contributed by atoms with Crippen molar-refractivity contribution in [3.63, 3.8) is 0 Å². The zero-order valence-corrected chi connectivity index (χ0v) is 14.1. The maximum absolute atomic E-state index is 12.5. The lowest BCUT2D eigenvalue weighted by Gasteiger charge is -2.44. The molecule has 1 unspecified atom stereocenters. The fourth-order valence-electron chi connectivity index (χ4n) is 2.91. The molecule has 1 aromatic rings. The van der Waals surface area contributed by atoms with Gasteiger partial charge in [-0.25, -0.2) is 4.79 Å². The molecule has 0 radical (unpaired) electrons. The Bertz CT molecular complexity index is 659. The number of ether oxygens (including phenoxy) is 1. The zero-order chi connectivity index (χ0) is 16.8. The molecule has 2 aliphatic heterocycles. The van der Waals surface area contributed by atoms with Crippen LogP contribution in [0.4, 0.5) is 16.3 Å². The summed E-state index contributed by atoms with van der Waals surface area (Å²) in [4.78, 5) is 27.8. The molecule has 124 valence electrons. The van der Waals surface area contributed by atoms with Gasteiger partial charge in [0.25, 0.3) is 0 Å². The number of piperidine rings is 1. The van der Waals surface area contributed by atoms with E-state index in [0.29, 0.717) is 31.7 Å². The molecule has 1 atom stereocenters. The van der Waals surface area contributed by atoms with Crippen molar-refractivity contribution >= 4 is 35.0 Å². The molecule has 3 rings (SSSR count). The van der Waals surface area contributed by atoms with Crippen LogP contribution in [0.1, 0.15) is 33.6 Å². The lowest BCUT2D eigenvalue weighted by Crippen LogP contribution is -2.55. The van der Waals surface area contributed by atoms with E-state index in [9.17, 15) is 9.59 Å². The van der Waals surface area contributed by atoms with Crippen molar-refractivity contribution < 1.29 is 14.3 Å². The third-order valence-corrected chi connectivity index (χ3v) is 4.02. The van der Waals surface area contributed by atoms with Crippen molar-refractivity contribution in [1.82, 2.24) is 10.2 Å². The Morgan fingerprint density at radius 1 is 1.39 bits per heavy atom. The number of carbonyl (C=O) groups excluding carboxylic acids is 2. The number of ketones is 1. The average Bonchev–Trinajstić information content (AvgIpc) is 2.43. The summed E-state index contributed by atoms with van der Waals surface area (Å²) in [5, 5.41) is 8.18. The SMILES string of the molecule is CC(C)(C)OC(=O)N1CC2CC(=O)CCN2c2cc(Cl)nnc21. The van der Waals surface area contributed by atoms with Gasteiger partial charge in [-0.1, -0.05) is 11.6 Å². The van der Waals surface area contributed by atoms with Crippen LogP contribution in [0.2, 0.25) is 5.15 Å². The molecule has 1 saturated heterocycles. The minimum Gasteiger partial charge on any atom is -0.443 e. The van der Waals surface area contributed by atoms with E-state index in [1.165, 1.54) is 4.90 Å². The van der Waals surface area contributed by atoms with E-state index < -0.39 is 11.7 Å². The second-order valence-electron chi connectivity index (χ2n) is 6.81. The topological polar surface area (TPSA) is 75.6 Å². The summed E-state index contributed by atoms with van der Waals surface area (Å²) >= 11 is 5.97.